The first-order chi connectivity index (χ1) is 14.2. The number of imidazole rings is 1. The van der Waals surface area contributed by atoms with Gasteiger partial charge in [0.1, 0.15) is 11.6 Å². The number of halogens is 1. The van der Waals surface area contributed by atoms with Crippen LogP contribution in [0, 0.1) is 5.82 Å². The summed E-state index contributed by atoms with van der Waals surface area (Å²) in [6.45, 7) is 4.91. The summed E-state index contributed by atoms with van der Waals surface area (Å²) < 4.78 is 16.1. The normalized spacial score (nSPS) is 19.4. The lowest BCUT2D eigenvalue weighted by Gasteiger charge is -2.49. The van der Waals surface area contributed by atoms with E-state index < -0.39 is 0 Å². The number of hydrogen-bond donors (Lipinski definition) is 0. The number of benzene rings is 1. The molecule has 0 atom stereocenters. The predicted octanol–water partition coefficient (Wildman–Crippen LogP) is 3.52. The Bertz CT molecular complexity index is 992. The first-order valence-electron chi connectivity index (χ1n) is 10.3. The van der Waals surface area contributed by atoms with Gasteiger partial charge in [-0.05, 0) is 49.7 Å². The standard InChI is InChI=1S/C23H26FN5/c1-27-13-14-29-21(19-3-2-4-20(24)15-19)16-26-22(29)23(27)7-11-28(12-8-23)17-18-5-9-25-10-6-18/h2-6,9-10,15-16H,7-8,11-14,17H2,1H3. The van der Waals surface area contributed by atoms with Crippen LogP contribution in [-0.4, -0.2) is 51.0 Å². The van der Waals surface area contributed by atoms with Gasteiger partial charge in [0.15, 0.2) is 0 Å². The summed E-state index contributed by atoms with van der Waals surface area (Å²) in [6, 6.07) is 11.0. The lowest BCUT2D eigenvalue weighted by molar-refractivity contribution is 0.00700. The van der Waals surface area contributed by atoms with Gasteiger partial charge in [0, 0.05) is 50.7 Å². The van der Waals surface area contributed by atoms with Crippen LogP contribution in [0.5, 0.6) is 0 Å². The fraction of sp³-hybridized carbons (Fsp3) is 0.391. The third-order valence-electron chi connectivity index (χ3n) is 6.62. The molecule has 0 amide bonds. The molecule has 1 spiro atoms. The molecule has 2 aliphatic rings. The third-order valence-corrected chi connectivity index (χ3v) is 6.62. The first kappa shape index (κ1) is 18.5. The molecule has 1 aromatic carbocycles. The highest BCUT2D eigenvalue weighted by molar-refractivity contribution is 5.60. The van der Waals surface area contributed by atoms with Gasteiger partial charge in [0.25, 0.3) is 0 Å². The van der Waals surface area contributed by atoms with Gasteiger partial charge in [-0.25, -0.2) is 9.37 Å². The number of likely N-dealkylation sites (tertiary alicyclic amines) is 1. The summed E-state index contributed by atoms with van der Waals surface area (Å²) in [6.07, 6.45) is 7.75. The van der Waals surface area contributed by atoms with Crippen molar-refractivity contribution in [2.75, 3.05) is 26.7 Å². The van der Waals surface area contributed by atoms with E-state index in [1.54, 1.807) is 12.1 Å². The lowest BCUT2D eigenvalue weighted by atomic mass is 9.83. The number of fused-ring (bicyclic) bond motifs is 2. The second kappa shape index (κ2) is 7.35. The molecular weight excluding hydrogens is 365 g/mol. The van der Waals surface area contributed by atoms with Crippen LogP contribution in [0.2, 0.25) is 0 Å². The Morgan fingerprint density at radius 2 is 1.83 bits per heavy atom. The molecule has 150 valence electrons. The first-order valence-corrected chi connectivity index (χ1v) is 10.3. The number of rotatable bonds is 3. The van der Waals surface area contributed by atoms with Crippen LogP contribution in [-0.2, 0) is 18.6 Å². The second-order valence-electron chi connectivity index (χ2n) is 8.21. The van der Waals surface area contributed by atoms with E-state index in [0.717, 1.165) is 62.6 Å². The minimum absolute atomic E-state index is 0.0431. The molecule has 0 N–H and O–H groups in total. The van der Waals surface area contributed by atoms with Crippen molar-refractivity contribution in [2.45, 2.75) is 31.5 Å². The highest BCUT2D eigenvalue weighted by Gasteiger charge is 2.45. The molecular formula is C23H26FN5. The SMILES string of the molecule is CN1CCn2c(-c3cccc(F)c3)cnc2C12CCN(Cc1ccncc1)CC2. The zero-order valence-corrected chi connectivity index (χ0v) is 16.8. The molecule has 3 aromatic rings. The van der Waals surface area contributed by atoms with Crippen LogP contribution >= 0.6 is 0 Å². The van der Waals surface area contributed by atoms with Crippen molar-refractivity contribution in [3.05, 3.63) is 72.2 Å². The second-order valence-corrected chi connectivity index (χ2v) is 8.21. The largest absolute Gasteiger partial charge is 0.325 e. The maximum absolute atomic E-state index is 13.8. The van der Waals surface area contributed by atoms with E-state index in [2.05, 4.69) is 38.5 Å². The molecule has 5 rings (SSSR count). The number of aromatic nitrogens is 3. The highest BCUT2D eigenvalue weighted by Crippen LogP contribution is 2.41. The monoisotopic (exact) mass is 391 g/mol. The number of nitrogens with zero attached hydrogens (tertiary/aromatic N) is 5. The molecule has 5 nitrogen and oxygen atoms in total. The molecule has 1 fully saturated rings. The predicted molar refractivity (Wildman–Crippen MR) is 111 cm³/mol. The van der Waals surface area contributed by atoms with Gasteiger partial charge < -0.3 is 4.57 Å². The van der Waals surface area contributed by atoms with Gasteiger partial charge >= 0.3 is 0 Å². The smallest absolute Gasteiger partial charge is 0.129 e. The van der Waals surface area contributed by atoms with E-state index in [1.165, 1.54) is 11.6 Å². The van der Waals surface area contributed by atoms with E-state index >= 15 is 0 Å². The van der Waals surface area contributed by atoms with E-state index in [4.69, 9.17) is 4.98 Å². The topological polar surface area (TPSA) is 37.2 Å². The zero-order chi connectivity index (χ0) is 19.8. The van der Waals surface area contributed by atoms with Gasteiger partial charge in [0.2, 0.25) is 0 Å². The molecule has 1 saturated heterocycles. The van der Waals surface area contributed by atoms with Crippen molar-refractivity contribution in [2.24, 2.45) is 0 Å². The summed E-state index contributed by atoms with van der Waals surface area (Å²) in [5, 5.41) is 0. The van der Waals surface area contributed by atoms with Crippen LogP contribution in [0.1, 0.15) is 24.2 Å². The third kappa shape index (κ3) is 3.26. The fourth-order valence-electron chi connectivity index (χ4n) is 4.92. The van der Waals surface area contributed by atoms with Gasteiger partial charge in [-0.15, -0.1) is 0 Å². The number of piperidine rings is 1. The Kier molecular flexibility index (Phi) is 4.68. The van der Waals surface area contributed by atoms with Crippen molar-refractivity contribution in [3.63, 3.8) is 0 Å². The number of hydrogen-bond acceptors (Lipinski definition) is 4. The minimum atomic E-state index is -0.204. The summed E-state index contributed by atoms with van der Waals surface area (Å²) in [4.78, 5) is 14.0. The van der Waals surface area contributed by atoms with E-state index in [-0.39, 0.29) is 11.4 Å². The summed E-state index contributed by atoms with van der Waals surface area (Å²) in [5.74, 6) is 0.930. The molecule has 0 saturated carbocycles. The lowest BCUT2D eigenvalue weighted by Crippen LogP contribution is -2.56. The molecule has 0 radical (unpaired) electrons. The molecule has 0 unspecified atom stereocenters. The Balaban J connectivity index is 1.41. The number of pyridine rings is 1. The van der Waals surface area contributed by atoms with Gasteiger partial charge in [-0.3, -0.25) is 14.8 Å². The highest BCUT2D eigenvalue weighted by atomic mass is 19.1. The van der Waals surface area contributed by atoms with Crippen LogP contribution in [0.25, 0.3) is 11.3 Å². The van der Waals surface area contributed by atoms with Crippen molar-refractivity contribution in [1.82, 2.24) is 24.3 Å². The van der Waals surface area contributed by atoms with E-state index in [9.17, 15) is 4.39 Å². The Labute approximate surface area is 170 Å². The van der Waals surface area contributed by atoms with Crippen molar-refractivity contribution < 1.29 is 4.39 Å². The Morgan fingerprint density at radius 1 is 1.03 bits per heavy atom. The fourth-order valence-corrected chi connectivity index (χ4v) is 4.92. The van der Waals surface area contributed by atoms with Crippen molar-refractivity contribution in [1.29, 1.82) is 0 Å². The van der Waals surface area contributed by atoms with Crippen LogP contribution in [0.4, 0.5) is 4.39 Å². The molecule has 4 heterocycles. The zero-order valence-electron chi connectivity index (χ0n) is 16.8. The summed E-state index contributed by atoms with van der Waals surface area (Å²) in [5.41, 5.74) is 3.19. The summed E-state index contributed by atoms with van der Waals surface area (Å²) >= 11 is 0. The van der Waals surface area contributed by atoms with Crippen molar-refractivity contribution in [3.8, 4) is 11.3 Å². The van der Waals surface area contributed by atoms with E-state index in [0.29, 0.717) is 0 Å². The average molecular weight is 391 g/mol. The number of likely N-dealkylation sites (N-methyl/N-ethyl adjacent to an activating group) is 1. The van der Waals surface area contributed by atoms with Crippen LogP contribution < -0.4 is 0 Å². The molecule has 2 aromatic heterocycles. The molecule has 2 aliphatic heterocycles. The molecule has 29 heavy (non-hydrogen) atoms. The average Bonchev–Trinajstić information content (AvgIpc) is 3.18. The Morgan fingerprint density at radius 3 is 2.59 bits per heavy atom. The quantitative estimate of drug-likeness (QED) is 0.685. The van der Waals surface area contributed by atoms with Crippen molar-refractivity contribution >= 4 is 0 Å². The van der Waals surface area contributed by atoms with Gasteiger partial charge in [0.05, 0.1) is 17.4 Å². The van der Waals surface area contributed by atoms with Crippen LogP contribution in [0.15, 0.2) is 55.0 Å². The maximum Gasteiger partial charge on any atom is 0.129 e. The Hall–Kier alpha value is -2.57. The van der Waals surface area contributed by atoms with Gasteiger partial charge in [-0.2, -0.15) is 0 Å². The minimum Gasteiger partial charge on any atom is -0.325 e. The summed E-state index contributed by atoms with van der Waals surface area (Å²) in [7, 11) is 2.22. The van der Waals surface area contributed by atoms with E-state index in [1.807, 2.05) is 24.7 Å². The van der Waals surface area contributed by atoms with Gasteiger partial charge in [-0.1, -0.05) is 12.1 Å². The molecule has 0 bridgehead atoms. The maximum atomic E-state index is 13.8. The van der Waals surface area contributed by atoms with Crippen LogP contribution in [0.3, 0.4) is 0 Å². The molecule has 6 heteroatoms. The molecule has 0 aliphatic carbocycles.